The van der Waals surface area contributed by atoms with Gasteiger partial charge in [0.05, 0.1) is 0 Å². The highest BCUT2D eigenvalue weighted by molar-refractivity contribution is 7.99. The van der Waals surface area contributed by atoms with Gasteiger partial charge in [-0.25, -0.2) is 15.0 Å². The van der Waals surface area contributed by atoms with Crippen LogP contribution in [0.4, 0.5) is 0 Å². The first-order valence-electron chi connectivity index (χ1n) is 4.90. The largest absolute Gasteiger partial charge is 0.250 e. The molecule has 0 saturated carbocycles. The Hall–Kier alpha value is -1.13. The van der Waals surface area contributed by atoms with Gasteiger partial charge >= 0.3 is 0 Å². The van der Waals surface area contributed by atoms with Gasteiger partial charge < -0.3 is 0 Å². The zero-order valence-electron chi connectivity index (χ0n) is 8.72. The first-order chi connectivity index (χ1) is 7.78. The zero-order valence-corrected chi connectivity index (χ0v) is 10.3. The van der Waals surface area contributed by atoms with Crippen LogP contribution in [0.3, 0.4) is 0 Å². The molecule has 0 bridgehead atoms. The average Bonchev–Trinajstić information content (AvgIpc) is 2.29. The Morgan fingerprint density at radius 2 is 2.12 bits per heavy atom. The van der Waals surface area contributed by atoms with E-state index in [0.29, 0.717) is 5.15 Å². The van der Waals surface area contributed by atoms with E-state index in [1.165, 1.54) is 11.8 Å². The topological polar surface area (TPSA) is 38.7 Å². The van der Waals surface area contributed by atoms with Gasteiger partial charge in [-0.15, -0.1) is 0 Å². The fourth-order valence-electron chi connectivity index (χ4n) is 1.17. The van der Waals surface area contributed by atoms with Crippen molar-refractivity contribution < 1.29 is 0 Å². The van der Waals surface area contributed by atoms with Crippen molar-refractivity contribution in [3.05, 3.63) is 41.4 Å². The summed E-state index contributed by atoms with van der Waals surface area (Å²) in [6, 6.07) is 7.51. The minimum absolute atomic E-state index is 0.477. The molecule has 2 heterocycles. The van der Waals surface area contributed by atoms with Crippen LogP contribution in [0, 0.1) is 0 Å². The van der Waals surface area contributed by atoms with Gasteiger partial charge in [0.1, 0.15) is 21.0 Å². The van der Waals surface area contributed by atoms with E-state index in [9.17, 15) is 0 Å². The SMILES string of the molecule is CCc1nc(Cl)cc(Sc2ccccn2)n1. The number of aromatic nitrogens is 3. The lowest BCUT2D eigenvalue weighted by atomic mass is 10.4. The number of pyridine rings is 1. The molecule has 0 atom stereocenters. The van der Waals surface area contributed by atoms with Gasteiger partial charge in [-0.2, -0.15) is 0 Å². The summed E-state index contributed by atoms with van der Waals surface area (Å²) >= 11 is 7.39. The Morgan fingerprint density at radius 3 is 2.81 bits per heavy atom. The van der Waals surface area contributed by atoms with Crippen molar-refractivity contribution in [1.82, 2.24) is 15.0 Å². The van der Waals surface area contributed by atoms with Crippen LogP contribution in [-0.2, 0) is 6.42 Å². The van der Waals surface area contributed by atoms with Crippen molar-refractivity contribution in [3.63, 3.8) is 0 Å². The first-order valence-corrected chi connectivity index (χ1v) is 6.09. The van der Waals surface area contributed by atoms with Crippen LogP contribution in [0.1, 0.15) is 12.7 Å². The number of aryl methyl sites for hydroxylation is 1. The minimum Gasteiger partial charge on any atom is -0.250 e. The molecule has 0 unspecified atom stereocenters. The second kappa shape index (κ2) is 5.27. The smallest absolute Gasteiger partial charge is 0.133 e. The summed E-state index contributed by atoms with van der Waals surface area (Å²) in [6.45, 7) is 2.00. The van der Waals surface area contributed by atoms with Gasteiger partial charge in [0.15, 0.2) is 0 Å². The first kappa shape index (κ1) is 11.4. The quantitative estimate of drug-likeness (QED) is 0.785. The van der Waals surface area contributed by atoms with E-state index in [0.717, 1.165) is 22.3 Å². The Morgan fingerprint density at radius 1 is 1.25 bits per heavy atom. The zero-order chi connectivity index (χ0) is 11.4. The number of rotatable bonds is 3. The third kappa shape index (κ3) is 2.93. The van der Waals surface area contributed by atoms with Crippen LogP contribution >= 0.6 is 23.4 Å². The summed E-state index contributed by atoms with van der Waals surface area (Å²) in [4.78, 5) is 12.7. The van der Waals surface area contributed by atoms with E-state index in [4.69, 9.17) is 11.6 Å². The lowest BCUT2D eigenvalue weighted by molar-refractivity contribution is 0.887. The van der Waals surface area contributed by atoms with Gasteiger partial charge in [0.2, 0.25) is 0 Å². The Bertz CT molecular complexity index is 476. The monoisotopic (exact) mass is 251 g/mol. The van der Waals surface area contributed by atoms with Crippen molar-refractivity contribution in [2.75, 3.05) is 0 Å². The predicted molar refractivity (Wildman–Crippen MR) is 64.8 cm³/mol. The predicted octanol–water partition coefficient (Wildman–Crippen LogP) is 3.24. The van der Waals surface area contributed by atoms with E-state index in [2.05, 4.69) is 15.0 Å². The second-order valence-corrected chi connectivity index (χ2v) is 4.50. The average molecular weight is 252 g/mol. The number of nitrogens with zero attached hydrogens (tertiary/aromatic N) is 3. The molecule has 2 aromatic heterocycles. The lowest BCUT2D eigenvalue weighted by Crippen LogP contribution is -1.94. The van der Waals surface area contributed by atoms with Gasteiger partial charge in [-0.05, 0) is 23.9 Å². The van der Waals surface area contributed by atoms with Crippen molar-refractivity contribution in [2.45, 2.75) is 23.4 Å². The van der Waals surface area contributed by atoms with E-state index in [1.807, 2.05) is 25.1 Å². The fourth-order valence-corrected chi connectivity index (χ4v) is 2.23. The molecule has 0 aliphatic rings. The molecule has 16 heavy (non-hydrogen) atoms. The van der Waals surface area contributed by atoms with Gasteiger partial charge in [0.25, 0.3) is 0 Å². The summed E-state index contributed by atoms with van der Waals surface area (Å²) < 4.78 is 0. The highest BCUT2D eigenvalue weighted by atomic mass is 35.5. The molecule has 2 aromatic rings. The third-order valence-electron chi connectivity index (χ3n) is 1.88. The van der Waals surface area contributed by atoms with Crippen LogP contribution in [0.2, 0.25) is 5.15 Å². The maximum atomic E-state index is 5.91. The molecule has 0 saturated heterocycles. The molecule has 0 N–H and O–H groups in total. The Labute approximate surface area is 103 Å². The summed E-state index contributed by atoms with van der Waals surface area (Å²) in [6.07, 6.45) is 2.53. The number of hydrogen-bond donors (Lipinski definition) is 0. The summed E-state index contributed by atoms with van der Waals surface area (Å²) in [5.41, 5.74) is 0. The van der Waals surface area contributed by atoms with Crippen molar-refractivity contribution in [2.24, 2.45) is 0 Å². The van der Waals surface area contributed by atoms with Gasteiger partial charge in [-0.3, -0.25) is 0 Å². The van der Waals surface area contributed by atoms with Gasteiger partial charge in [0, 0.05) is 18.7 Å². The lowest BCUT2D eigenvalue weighted by Gasteiger charge is -2.02. The van der Waals surface area contributed by atoms with Crippen molar-refractivity contribution in [1.29, 1.82) is 0 Å². The summed E-state index contributed by atoms with van der Waals surface area (Å²) in [7, 11) is 0. The maximum absolute atomic E-state index is 5.91. The van der Waals surface area contributed by atoms with Crippen LogP contribution < -0.4 is 0 Å². The highest BCUT2D eigenvalue weighted by Crippen LogP contribution is 2.25. The molecular weight excluding hydrogens is 242 g/mol. The third-order valence-corrected chi connectivity index (χ3v) is 2.94. The molecule has 0 radical (unpaired) electrons. The highest BCUT2D eigenvalue weighted by Gasteiger charge is 2.04. The molecule has 3 nitrogen and oxygen atoms in total. The Balaban J connectivity index is 2.24. The normalized spacial score (nSPS) is 10.4. The summed E-state index contributed by atoms with van der Waals surface area (Å²) in [5, 5.41) is 2.21. The van der Waals surface area contributed by atoms with E-state index in [-0.39, 0.29) is 0 Å². The van der Waals surface area contributed by atoms with Crippen molar-refractivity contribution >= 4 is 23.4 Å². The molecular formula is C11H10ClN3S. The number of hydrogen-bond acceptors (Lipinski definition) is 4. The minimum atomic E-state index is 0.477. The fraction of sp³-hybridized carbons (Fsp3) is 0.182. The standard InChI is InChI=1S/C11H10ClN3S/c1-2-9-14-8(12)7-11(15-9)16-10-5-3-4-6-13-10/h3-7H,2H2,1H3. The molecule has 0 aromatic carbocycles. The molecule has 0 fully saturated rings. The molecule has 0 aliphatic heterocycles. The van der Waals surface area contributed by atoms with E-state index in [1.54, 1.807) is 12.3 Å². The Kier molecular flexibility index (Phi) is 3.74. The van der Waals surface area contributed by atoms with E-state index < -0.39 is 0 Å². The van der Waals surface area contributed by atoms with Crippen LogP contribution in [0.5, 0.6) is 0 Å². The molecule has 0 aliphatic carbocycles. The second-order valence-electron chi connectivity index (χ2n) is 3.07. The molecule has 0 amide bonds. The van der Waals surface area contributed by atoms with Crippen LogP contribution in [-0.4, -0.2) is 15.0 Å². The molecule has 5 heteroatoms. The molecule has 82 valence electrons. The number of halogens is 1. The van der Waals surface area contributed by atoms with Crippen LogP contribution in [0.25, 0.3) is 0 Å². The van der Waals surface area contributed by atoms with E-state index >= 15 is 0 Å². The van der Waals surface area contributed by atoms with Gasteiger partial charge in [-0.1, -0.05) is 24.6 Å². The van der Waals surface area contributed by atoms with Crippen LogP contribution in [0.15, 0.2) is 40.5 Å². The molecule has 2 rings (SSSR count). The van der Waals surface area contributed by atoms with Crippen molar-refractivity contribution in [3.8, 4) is 0 Å². The molecule has 0 spiro atoms. The maximum Gasteiger partial charge on any atom is 0.133 e. The summed E-state index contributed by atoms with van der Waals surface area (Å²) in [5.74, 6) is 0.755.